The Kier molecular flexibility index (Phi) is 5.54. The van der Waals surface area contributed by atoms with Crippen molar-refractivity contribution in [3.05, 3.63) is 63.5 Å². The molecule has 0 spiro atoms. The van der Waals surface area contributed by atoms with Gasteiger partial charge in [-0.25, -0.2) is 4.98 Å². The molecule has 1 saturated heterocycles. The highest BCUT2D eigenvalue weighted by atomic mass is 35.5. The van der Waals surface area contributed by atoms with Crippen LogP contribution in [-0.2, 0) is 6.54 Å². The summed E-state index contributed by atoms with van der Waals surface area (Å²) >= 11 is 1.43. The third-order valence-corrected chi connectivity index (χ3v) is 5.69. The fraction of sp³-hybridized carbons (Fsp3) is 0.333. The molecule has 3 N–H and O–H groups in total. The fourth-order valence-corrected chi connectivity index (χ4v) is 4.34. The van der Waals surface area contributed by atoms with Crippen LogP contribution in [0.15, 0.2) is 46.6 Å². The molecule has 3 heterocycles. The van der Waals surface area contributed by atoms with Gasteiger partial charge in [-0.2, -0.15) is 0 Å². The third-order valence-electron chi connectivity index (χ3n) is 4.78. The van der Waals surface area contributed by atoms with Gasteiger partial charge in [-0.15, -0.1) is 23.7 Å². The van der Waals surface area contributed by atoms with Crippen molar-refractivity contribution in [2.45, 2.75) is 12.5 Å². The summed E-state index contributed by atoms with van der Waals surface area (Å²) in [5, 5.41) is 1.91. The predicted octanol–water partition coefficient (Wildman–Crippen LogP) is 2.58. The Morgan fingerprint density at radius 2 is 2.04 bits per heavy atom. The summed E-state index contributed by atoms with van der Waals surface area (Å²) in [6.45, 7) is 3.20. The van der Waals surface area contributed by atoms with Gasteiger partial charge in [-0.1, -0.05) is 30.3 Å². The van der Waals surface area contributed by atoms with Gasteiger partial charge in [-0.3, -0.25) is 9.69 Å². The van der Waals surface area contributed by atoms with Crippen molar-refractivity contribution in [2.24, 2.45) is 11.7 Å². The Morgan fingerprint density at radius 3 is 2.80 bits per heavy atom. The molecule has 0 bridgehead atoms. The van der Waals surface area contributed by atoms with Gasteiger partial charge in [0.1, 0.15) is 10.5 Å². The molecule has 25 heavy (non-hydrogen) atoms. The predicted molar refractivity (Wildman–Crippen MR) is 104 cm³/mol. The first kappa shape index (κ1) is 18.1. The highest BCUT2D eigenvalue weighted by Crippen LogP contribution is 2.32. The number of hydrogen-bond acceptors (Lipinski definition) is 5. The SMILES string of the molecule is Cl.NC[C@@H]1CN(Cc2nc3ccsc3c(=O)[nH]2)C[C@H]1c1ccccc1. The first-order chi connectivity index (χ1) is 11.7. The summed E-state index contributed by atoms with van der Waals surface area (Å²) in [5.41, 5.74) is 8.08. The number of rotatable bonds is 4. The van der Waals surface area contributed by atoms with E-state index in [9.17, 15) is 4.79 Å². The number of aromatic amines is 1. The van der Waals surface area contributed by atoms with Crippen molar-refractivity contribution in [3.8, 4) is 0 Å². The average Bonchev–Trinajstić information content (AvgIpc) is 3.22. The summed E-state index contributed by atoms with van der Waals surface area (Å²) in [4.78, 5) is 22.0. The molecule has 132 valence electrons. The zero-order valence-electron chi connectivity index (χ0n) is 13.7. The van der Waals surface area contributed by atoms with Crippen molar-refractivity contribution >= 4 is 34.0 Å². The van der Waals surface area contributed by atoms with E-state index in [1.165, 1.54) is 16.9 Å². The van der Waals surface area contributed by atoms with E-state index in [1.54, 1.807) is 0 Å². The molecule has 0 amide bonds. The lowest BCUT2D eigenvalue weighted by molar-refractivity contribution is 0.309. The highest BCUT2D eigenvalue weighted by Gasteiger charge is 2.33. The molecule has 1 aliphatic heterocycles. The van der Waals surface area contributed by atoms with Gasteiger partial charge < -0.3 is 10.7 Å². The number of aromatic nitrogens is 2. The van der Waals surface area contributed by atoms with Crippen molar-refractivity contribution in [2.75, 3.05) is 19.6 Å². The lowest BCUT2D eigenvalue weighted by Crippen LogP contribution is -2.25. The number of nitrogens with zero attached hydrogens (tertiary/aromatic N) is 2. The van der Waals surface area contributed by atoms with Gasteiger partial charge in [-0.05, 0) is 29.5 Å². The lowest BCUT2D eigenvalue weighted by Gasteiger charge is -2.16. The molecule has 3 aromatic rings. The molecule has 7 heteroatoms. The molecule has 4 rings (SSSR count). The Labute approximate surface area is 156 Å². The maximum absolute atomic E-state index is 12.1. The van der Waals surface area contributed by atoms with Gasteiger partial charge in [0.25, 0.3) is 5.56 Å². The minimum Gasteiger partial charge on any atom is -0.330 e. The largest absolute Gasteiger partial charge is 0.330 e. The van der Waals surface area contributed by atoms with E-state index in [0.29, 0.717) is 29.6 Å². The molecule has 1 aromatic carbocycles. The van der Waals surface area contributed by atoms with E-state index in [0.717, 1.165) is 24.4 Å². The monoisotopic (exact) mass is 376 g/mol. The van der Waals surface area contributed by atoms with Crippen LogP contribution in [0, 0.1) is 5.92 Å². The Bertz CT molecular complexity index is 895. The maximum atomic E-state index is 12.1. The average molecular weight is 377 g/mol. The van der Waals surface area contributed by atoms with Crippen LogP contribution in [0.1, 0.15) is 17.3 Å². The topological polar surface area (TPSA) is 75.0 Å². The van der Waals surface area contributed by atoms with Gasteiger partial charge in [0.05, 0.1) is 12.1 Å². The summed E-state index contributed by atoms with van der Waals surface area (Å²) < 4.78 is 0.696. The van der Waals surface area contributed by atoms with Gasteiger partial charge in [0, 0.05) is 19.0 Å². The third kappa shape index (κ3) is 3.62. The molecule has 1 fully saturated rings. The summed E-state index contributed by atoms with van der Waals surface area (Å²) in [6.07, 6.45) is 0. The Hall–Kier alpha value is -1.73. The standard InChI is InChI=1S/C18H20N4OS.ClH/c19-8-13-9-22(10-14(13)12-4-2-1-3-5-12)11-16-20-15-6-7-24-17(15)18(23)21-16;/h1-7,13-14H,8-11,19H2,(H,20,21,23);1H/t13-,14+;/m1./s1. The maximum Gasteiger partial charge on any atom is 0.268 e. The normalized spacial score (nSPS) is 20.7. The summed E-state index contributed by atoms with van der Waals surface area (Å²) in [5.74, 6) is 1.60. The molecule has 0 aliphatic carbocycles. The number of benzene rings is 1. The number of hydrogen-bond donors (Lipinski definition) is 2. The van der Waals surface area contributed by atoms with Crippen LogP contribution in [0.3, 0.4) is 0 Å². The summed E-state index contributed by atoms with van der Waals surface area (Å²) in [7, 11) is 0. The number of thiophene rings is 1. The van der Waals surface area contributed by atoms with Crippen molar-refractivity contribution < 1.29 is 0 Å². The lowest BCUT2D eigenvalue weighted by atomic mass is 9.89. The molecule has 0 saturated carbocycles. The molecule has 1 aliphatic rings. The van der Waals surface area contributed by atoms with Crippen molar-refractivity contribution in [3.63, 3.8) is 0 Å². The highest BCUT2D eigenvalue weighted by molar-refractivity contribution is 7.17. The van der Waals surface area contributed by atoms with Gasteiger partial charge in [0.2, 0.25) is 0 Å². The zero-order valence-corrected chi connectivity index (χ0v) is 15.4. The first-order valence-electron chi connectivity index (χ1n) is 8.18. The number of fused-ring (bicyclic) bond motifs is 1. The Balaban J connectivity index is 0.00000182. The van der Waals surface area contributed by atoms with E-state index in [2.05, 4.69) is 39.1 Å². The van der Waals surface area contributed by atoms with Gasteiger partial charge >= 0.3 is 0 Å². The van der Waals surface area contributed by atoms with Gasteiger partial charge in [0.15, 0.2) is 0 Å². The quantitative estimate of drug-likeness (QED) is 0.733. The number of likely N-dealkylation sites (tertiary alicyclic amines) is 1. The zero-order chi connectivity index (χ0) is 16.5. The van der Waals surface area contributed by atoms with Crippen LogP contribution < -0.4 is 11.3 Å². The van der Waals surface area contributed by atoms with Crippen molar-refractivity contribution in [1.29, 1.82) is 0 Å². The molecule has 5 nitrogen and oxygen atoms in total. The van der Waals surface area contributed by atoms with Crippen LogP contribution in [-0.4, -0.2) is 34.5 Å². The molecule has 2 aromatic heterocycles. The molecule has 2 atom stereocenters. The smallest absolute Gasteiger partial charge is 0.268 e. The van der Waals surface area contributed by atoms with E-state index in [1.807, 2.05) is 17.5 Å². The molecule has 0 unspecified atom stereocenters. The van der Waals surface area contributed by atoms with Crippen LogP contribution in [0.2, 0.25) is 0 Å². The second-order valence-electron chi connectivity index (χ2n) is 6.35. The molecule has 0 radical (unpaired) electrons. The van der Waals surface area contributed by atoms with E-state index in [4.69, 9.17) is 5.73 Å². The van der Waals surface area contributed by atoms with Crippen molar-refractivity contribution in [1.82, 2.24) is 14.9 Å². The minimum atomic E-state index is -0.0424. The van der Waals surface area contributed by atoms with Crippen LogP contribution in [0.4, 0.5) is 0 Å². The molecular formula is C18H21ClN4OS. The van der Waals surface area contributed by atoms with E-state index < -0.39 is 0 Å². The Morgan fingerprint density at radius 1 is 1.24 bits per heavy atom. The van der Waals surface area contributed by atoms with E-state index in [-0.39, 0.29) is 18.0 Å². The van der Waals surface area contributed by atoms with Crippen LogP contribution >= 0.6 is 23.7 Å². The first-order valence-corrected chi connectivity index (χ1v) is 9.06. The van der Waals surface area contributed by atoms with E-state index >= 15 is 0 Å². The number of nitrogens with one attached hydrogen (secondary N) is 1. The number of halogens is 1. The minimum absolute atomic E-state index is 0. The fourth-order valence-electron chi connectivity index (χ4n) is 3.61. The second-order valence-corrected chi connectivity index (χ2v) is 7.27. The van der Waals surface area contributed by atoms with Crippen LogP contribution in [0.25, 0.3) is 10.2 Å². The second kappa shape index (κ2) is 7.66. The number of H-pyrrole nitrogens is 1. The molecular weight excluding hydrogens is 356 g/mol. The summed E-state index contributed by atoms with van der Waals surface area (Å²) in [6, 6.07) is 12.4. The van der Waals surface area contributed by atoms with Crippen LogP contribution in [0.5, 0.6) is 0 Å². The number of nitrogens with two attached hydrogens (primary N) is 1.